The van der Waals surface area contributed by atoms with Crippen molar-refractivity contribution in [2.45, 2.75) is 50.2 Å². The number of fused-ring (bicyclic) bond motifs is 2. The van der Waals surface area contributed by atoms with Gasteiger partial charge < -0.3 is 14.8 Å². The molecule has 1 heterocycles. The molecule has 0 spiro atoms. The van der Waals surface area contributed by atoms with Crippen molar-refractivity contribution in [3.05, 3.63) is 58.6 Å². The van der Waals surface area contributed by atoms with E-state index < -0.39 is 15.6 Å². The van der Waals surface area contributed by atoms with Crippen LogP contribution in [0.3, 0.4) is 0 Å². The Hall–Kier alpha value is -2.13. The SMILES string of the molecule is CN1c2ccccc2C(NCCCCOCC(=O)OC(C)(C)C)c2ccc(Cl)cc2S1(=O)=O. The molecule has 2 aromatic rings. The molecule has 1 aliphatic heterocycles. The first-order valence-corrected chi connectivity index (χ1v) is 12.7. The molecule has 0 saturated carbocycles. The number of nitrogens with zero attached hydrogens (tertiary/aromatic N) is 1. The Bertz CT molecular complexity index is 1100. The van der Waals surface area contributed by atoms with E-state index in [1.165, 1.54) is 10.4 Å². The number of unbranched alkanes of at least 4 members (excludes halogenated alkanes) is 1. The minimum Gasteiger partial charge on any atom is -0.458 e. The van der Waals surface area contributed by atoms with Crippen molar-refractivity contribution in [1.82, 2.24) is 5.32 Å². The van der Waals surface area contributed by atoms with Gasteiger partial charge in [-0.2, -0.15) is 0 Å². The number of hydrogen-bond donors (Lipinski definition) is 1. The van der Waals surface area contributed by atoms with Crippen molar-refractivity contribution in [2.24, 2.45) is 0 Å². The second-order valence-corrected chi connectivity index (χ2v) is 11.3. The summed E-state index contributed by atoms with van der Waals surface area (Å²) in [6.45, 7) is 6.46. The zero-order valence-corrected chi connectivity index (χ0v) is 21.0. The van der Waals surface area contributed by atoms with Crippen LogP contribution in [-0.4, -0.2) is 46.8 Å². The number of halogens is 1. The number of sulfonamides is 1. The number of carbonyl (C=O) groups is 1. The smallest absolute Gasteiger partial charge is 0.332 e. The molecule has 7 nitrogen and oxygen atoms in total. The van der Waals surface area contributed by atoms with Gasteiger partial charge in [0, 0.05) is 18.7 Å². The highest BCUT2D eigenvalue weighted by molar-refractivity contribution is 7.92. The summed E-state index contributed by atoms with van der Waals surface area (Å²) in [5.74, 6) is -0.378. The van der Waals surface area contributed by atoms with Crippen molar-refractivity contribution >= 4 is 33.3 Å². The van der Waals surface area contributed by atoms with Crippen LogP contribution in [0.5, 0.6) is 0 Å². The van der Waals surface area contributed by atoms with Crippen LogP contribution in [0.15, 0.2) is 47.4 Å². The van der Waals surface area contributed by atoms with Crippen LogP contribution in [0.2, 0.25) is 5.02 Å². The zero-order valence-electron chi connectivity index (χ0n) is 19.4. The Labute approximate surface area is 201 Å². The molecule has 2 aromatic carbocycles. The predicted molar refractivity (Wildman–Crippen MR) is 129 cm³/mol. The summed E-state index contributed by atoms with van der Waals surface area (Å²) in [6, 6.07) is 12.2. The largest absolute Gasteiger partial charge is 0.458 e. The summed E-state index contributed by atoms with van der Waals surface area (Å²) in [5.41, 5.74) is 1.65. The van der Waals surface area contributed by atoms with Crippen LogP contribution in [0.25, 0.3) is 0 Å². The molecule has 0 radical (unpaired) electrons. The van der Waals surface area contributed by atoms with Crippen molar-refractivity contribution < 1.29 is 22.7 Å². The third kappa shape index (κ3) is 6.26. The van der Waals surface area contributed by atoms with Gasteiger partial charge in [0.1, 0.15) is 12.2 Å². The highest BCUT2D eigenvalue weighted by Crippen LogP contribution is 2.40. The third-order valence-corrected chi connectivity index (χ3v) is 7.28. The maximum absolute atomic E-state index is 13.3. The summed E-state index contributed by atoms with van der Waals surface area (Å²) < 4.78 is 38.5. The summed E-state index contributed by atoms with van der Waals surface area (Å²) >= 11 is 6.15. The molecule has 1 unspecified atom stereocenters. The molecule has 9 heteroatoms. The molecule has 33 heavy (non-hydrogen) atoms. The lowest BCUT2D eigenvalue weighted by Crippen LogP contribution is -2.27. The molecular weight excluding hydrogens is 464 g/mol. The number of carbonyl (C=O) groups excluding carboxylic acids is 1. The van der Waals surface area contributed by atoms with Crippen molar-refractivity contribution in [3.63, 3.8) is 0 Å². The lowest BCUT2D eigenvalue weighted by Gasteiger charge is -2.22. The number of para-hydroxylation sites is 1. The van der Waals surface area contributed by atoms with Crippen LogP contribution in [0.1, 0.15) is 50.8 Å². The van der Waals surface area contributed by atoms with Gasteiger partial charge >= 0.3 is 5.97 Å². The number of anilines is 1. The maximum atomic E-state index is 13.3. The lowest BCUT2D eigenvalue weighted by atomic mass is 9.96. The number of nitrogens with one attached hydrogen (secondary N) is 1. The van der Waals surface area contributed by atoms with E-state index >= 15 is 0 Å². The standard InChI is InChI=1S/C24H31ClN2O5S/c1-24(2,3)32-22(28)16-31-14-8-7-13-26-23-18-9-5-6-10-20(18)27(4)33(29,30)21-15-17(25)11-12-19(21)23/h5-6,9-12,15,23,26H,7-8,13-14,16H2,1-4H3. The summed E-state index contributed by atoms with van der Waals surface area (Å²) in [6.07, 6.45) is 1.54. The van der Waals surface area contributed by atoms with Crippen molar-refractivity contribution in [3.8, 4) is 0 Å². The fourth-order valence-corrected chi connectivity index (χ4v) is 5.47. The molecule has 180 valence electrons. The third-order valence-electron chi connectivity index (χ3n) is 5.22. The van der Waals surface area contributed by atoms with E-state index in [1.54, 1.807) is 25.2 Å². The minimum absolute atomic E-state index is 0.0704. The molecule has 0 aliphatic carbocycles. The molecule has 1 aliphatic rings. The van der Waals surface area contributed by atoms with Gasteiger partial charge in [0.25, 0.3) is 10.0 Å². The Morgan fingerprint density at radius 2 is 1.85 bits per heavy atom. The molecule has 0 aromatic heterocycles. The minimum atomic E-state index is -3.74. The van der Waals surface area contributed by atoms with Crippen LogP contribution >= 0.6 is 11.6 Å². The van der Waals surface area contributed by atoms with Gasteiger partial charge in [0.15, 0.2) is 0 Å². The van der Waals surface area contributed by atoms with Gasteiger partial charge in [-0.3, -0.25) is 4.31 Å². The van der Waals surface area contributed by atoms with E-state index in [-0.39, 0.29) is 23.5 Å². The van der Waals surface area contributed by atoms with Crippen molar-refractivity contribution in [2.75, 3.05) is 31.1 Å². The van der Waals surface area contributed by atoms with E-state index in [0.29, 0.717) is 29.4 Å². The van der Waals surface area contributed by atoms with Gasteiger partial charge in [0.05, 0.1) is 16.6 Å². The topological polar surface area (TPSA) is 84.9 Å². The van der Waals surface area contributed by atoms with Crippen molar-refractivity contribution in [1.29, 1.82) is 0 Å². The average Bonchev–Trinajstić information content (AvgIpc) is 2.80. The molecule has 0 amide bonds. The van der Waals surface area contributed by atoms with Crippen LogP contribution in [-0.2, 0) is 24.3 Å². The quantitative estimate of drug-likeness (QED) is 0.435. The fraction of sp³-hybridized carbons (Fsp3) is 0.458. The van der Waals surface area contributed by atoms with Gasteiger partial charge in [-0.05, 0) is 69.5 Å². The first kappa shape index (κ1) is 25.5. The molecule has 1 N–H and O–H groups in total. The lowest BCUT2D eigenvalue weighted by molar-refractivity contribution is -0.160. The summed E-state index contributed by atoms with van der Waals surface area (Å²) in [4.78, 5) is 11.9. The predicted octanol–water partition coefficient (Wildman–Crippen LogP) is 4.30. The van der Waals surface area contributed by atoms with E-state index in [1.807, 2.05) is 39.0 Å². The van der Waals surface area contributed by atoms with Gasteiger partial charge in [-0.1, -0.05) is 35.9 Å². The van der Waals surface area contributed by atoms with Crippen LogP contribution < -0.4 is 9.62 Å². The number of ether oxygens (including phenoxy) is 2. The summed E-state index contributed by atoms with van der Waals surface area (Å²) in [5, 5.41) is 3.87. The van der Waals surface area contributed by atoms with E-state index in [4.69, 9.17) is 21.1 Å². The highest BCUT2D eigenvalue weighted by atomic mass is 35.5. The second-order valence-electron chi connectivity index (χ2n) is 8.95. The monoisotopic (exact) mass is 494 g/mol. The summed E-state index contributed by atoms with van der Waals surface area (Å²) in [7, 11) is -2.19. The van der Waals surface area contributed by atoms with Gasteiger partial charge in [-0.25, -0.2) is 13.2 Å². The molecule has 0 saturated heterocycles. The van der Waals surface area contributed by atoms with E-state index in [2.05, 4.69) is 5.32 Å². The van der Waals surface area contributed by atoms with Crippen LogP contribution in [0.4, 0.5) is 5.69 Å². The van der Waals surface area contributed by atoms with Gasteiger partial charge in [-0.15, -0.1) is 0 Å². The molecule has 0 fully saturated rings. The Morgan fingerprint density at radius 1 is 1.12 bits per heavy atom. The Balaban J connectivity index is 1.66. The molecule has 0 bridgehead atoms. The van der Waals surface area contributed by atoms with Gasteiger partial charge in [0.2, 0.25) is 0 Å². The number of benzene rings is 2. The fourth-order valence-electron chi connectivity index (χ4n) is 3.75. The maximum Gasteiger partial charge on any atom is 0.332 e. The number of rotatable bonds is 8. The average molecular weight is 495 g/mol. The molecular formula is C24H31ClN2O5S. The highest BCUT2D eigenvalue weighted by Gasteiger charge is 2.34. The van der Waals surface area contributed by atoms with E-state index in [0.717, 1.165) is 18.4 Å². The molecule has 3 rings (SSSR count). The Kier molecular flexibility index (Phi) is 8.05. The van der Waals surface area contributed by atoms with E-state index in [9.17, 15) is 13.2 Å². The first-order chi connectivity index (χ1) is 15.5. The normalized spacial score (nSPS) is 17.1. The Morgan fingerprint density at radius 3 is 2.58 bits per heavy atom. The number of hydrogen-bond acceptors (Lipinski definition) is 6. The zero-order chi connectivity index (χ0) is 24.2. The second kappa shape index (κ2) is 10.4. The molecule has 1 atom stereocenters. The number of esters is 1. The first-order valence-electron chi connectivity index (χ1n) is 10.9. The van der Waals surface area contributed by atoms with Crippen LogP contribution in [0, 0.1) is 0 Å².